The van der Waals surface area contributed by atoms with Gasteiger partial charge in [0.1, 0.15) is 11.7 Å². The molecule has 1 aromatic carbocycles. The van der Waals surface area contributed by atoms with Crippen LogP contribution in [0.5, 0.6) is 0 Å². The Hall–Kier alpha value is -2.37. The Morgan fingerprint density at radius 1 is 1.29 bits per heavy atom. The zero-order chi connectivity index (χ0) is 17.1. The van der Waals surface area contributed by atoms with Crippen LogP contribution in [0.3, 0.4) is 0 Å². The van der Waals surface area contributed by atoms with Crippen LogP contribution >= 0.6 is 11.6 Å². The van der Waals surface area contributed by atoms with E-state index < -0.39 is 12.0 Å². The first-order chi connectivity index (χ1) is 11.6. The minimum absolute atomic E-state index is 0.309. The fourth-order valence-electron chi connectivity index (χ4n) is 2.62. The van der Waals surface area contributed by atoms with Crippen molar-refractivity contribution < 1.29 is 9.53 Å². The number of aromatic nitrogens is 2. The van der Waals surface area contributed by atoms with Crippen LogP contribution in [-0.2, 0) is 16.0 Å². The normalized spacial score (nSPS) is 12.3. The van der Waals surface area contributed by atoms with E-state index in [0.29, 0.717) is 18.1 Å². The lowest BCUT2D eigenvalue weighted by molar-refractivity contribution is -0.144. The van der Waals surface area contributed by atoms with Crippen LogP contribution in [0.25, 0.3) is 16.9 Å². The maximum absolute atomic E-state index is 11.9. The van der Waals surface area contributed by atoms with Crippen LogP contribution in [0.15, 0.2) is 48.7 Å². The van der Waals surface area contributed by atoms with Gasteiger partial charge in [-0.15, -0.1) is 0 Å². The third-order valence-corrected chi connectivity index (χ3v) is 4.00. The Labute approximate surface area is 145 Å². The fraction of sp³-hybridized carbons (Fsp3) is 0.222. The molecule has 5 nitrogen and oxygen atoms in total. The van der Waals surface area contributed by atoms with E-state index in [2.05, 4.69) is 4.98 Å². The third kappa shape index (κ3) is 3.27. The zero-order valence-electron chi connectivity index (χ0n) is 13.3. The lowest BCUT2D eigenvalue weighted by Crippen LogP contribution is -2.34. The number of nitrogens with two attached hydrogens (primary N) is 1. The highest BCUT2D eigenvalue weighted by molar-refractivity contribution is 6.30. The van der Waals surface area contributed by atoms with Crippen LogP contribution in [0.2, 0.25) is 5.02 Å². The Balaban J connectivity index is 2.05. The molecule has 1 unspecified atom stereocenters. The molecule has 124 valence electrons. The van der Waals surface area contributed by atoms with E-state index in [1.54, 1.807) is 6.92 Å². The second-order valence-electron chi connectivity index (χ2n) is 5.41. The Kier molecular flexibility index (Phi) is 4.83. The SMILES string of the molecule is CCOC(=O)C(N)Cc1c(-c2ccc(Cl)cc2)nc2ccccn12. The number of pyridine rings is 1. The predicted octanol–water partition coefficient (Wildman–Crippen LogP) is 3.09. The van der Waals surface area contributed by atoms with Crippen molar-refractivity contribution in [2.45, 2.75) is 19.4 Å². The largest absolute Gasteiger partial charge is 0.465 e. The molecule has 3 rings (SSSR count). The number of hydrogen-bond acceptors (Lipinski definition) is 4. The number of fused-ring (bicyclic) bond motifs is 1. The number of nitrogens with zero attached hydrogens (tertiary/aromatic N) is 2. The maximum atomic E-state index is 11.9. The third-order valence-electron chi connectivity index (χ3n) is 3.75. The lowest BCUT2D eigenvalue weighted by atomic mass is 10.1. The van der Waals surface area contributed by atoms with Crippen LogP contribution < -0.4 is 5.73 Å². The molecule has 0 spiro atoms. The number of carbonyl (C=O) groups is 1. The number of hydrogen-bond donors (Lipinski definition) is 1. The summed E-state index contributed by atoms with van der Waals surface area (Å²) in [5.41, 5.74) is 9.40. The van der Waals surface area contributed by atoms with Gasteiger partial charge in [-0.3, -0.25) is 4.79 Å². The van der Waals surface area contributed by atoms with Crippen molar-refractivity contribution in [1.29, 1.82) is 0 Å². The lowest BCUT2D eigenvalue weighted by Gasteiger charge is -2.12. The topological polar surface area (TPSA) is 69.6 Å². The van der Waals surface area contributed by atoms with Crippen molar-refractivity contribution in [3.63, 3.8) is 0 Å². The van der Waals surface area contributed by atoms with E-state index in [0.717, 1.165) is 22.6 Å². The van der Waals surface area contributed by atoms with Crippen LogP contribution in [-0.4, -0.2) is 28.0 Å². The van der Waals surface area contributed by atoms with Gasteiger partial charge >= 0.3 is 5.97 Å². The molecule has 2 N–H and O–H groups in total. The summed E-state index contributed by atoms with van der Waals surface area (Å²) in [6, 6.07) is 12.5. The number of benzene rings is 1. The summed E-state index contributed by atoms with van der Waals surface area (Å²) in [4.78, 5) is 16.6. The van der Waals surface area contributed by atoms with E-state index in [9.17, 15) is 4.79 Å². The molecule has 0 fully saturated rings. The number of imidazole rings is 1. The quantitative estimate of drug-likeness (QED) is 0.723. The maximum Gasteiger partial charge on any atom is 0.323 e. The van der Waals surface area contributed by atoms with Crippen molar-refractivity contribution in [3.8, 4) is 11.3 Å². The summed E-state index contributed by atoms with van der Waals surface area (Å²) in [6.07, 6.45) is 2.25. The highest BCUT2D eigenvalue weighted by Crippen LogP contribution is 2.26. The molecule has 0 amide bonds. The average Bonchev–Trinajstić information content (AvgIpc) is 2.94. The van der Waals surface area contributed by atoms with Gasteiger partial charge in [-0.05, 0) is 31.2 Å². The van der Waals surface area contributed by atoms with E-state index in [4.69, 9.17) is 22.1 Å². The molecular weight excluding hydrogens is 326 g/mol. The summed E-state index contributed by atoms with van der Waals surface area (Å²) >= 11 is 5.97. The average molecular weight is 344 g/mol. The highest BCUT2D eigenvalue weighted by Gasteiger charge is 2.21. The summed E-state index contributed by atoms with van der Waals surface area (Å²) < 4.78 is 6.96. The summed E-state index contributed by atoms with van der Waals surface area (Å²) in [6.45, 7) is 2.07. The number of rotatable bonds is 5. The molecule has 24 heavy (non-hydrogen) atoms. The van der Waals surface area contributed by atoms with Crippen molar-refractivity contribution in [1.82, 2.24) is 9.38 Å². The van der Waals surface area contributed by atoms with Crippen molar-refractivity contribution in [2.24, 2.45) is 5.73 Å². The van der Waals surface area contributed by atoms with E-state index in [1.807, 2.05) is 53.1 Å². The first-order valence-electron chi connectivity index (χ1n) is 7.74. The molecule has 2 aromatic heterocycles. The highest BCUT2D eigenvalue weighted by atomic mass is 35.5. The molecular formula is C18H18ClN3O2. The second-order valence-corrected chi connectivity index (χ2v) is 5.84. The second kappa shape index (κ2) is 7.03. The number of ether oxygens (including phenoxy) is 1. The van der Waals surface area contributed by atoms with Gasteiger partial charge in [-0.2, -0.15) is 0 Å². The molecule has 3 aromatic rings. The first kappa shape index (κ1) is 16.5. The fourth-order valence-corrected chi connectivity index (χ4v) is 2.75. The summed E-state index contributed by atoms with van der Waals surface area (Å²) in [5.74, 6) is -0.412. The summed E-state index contributed by atoms with van der Waals surface area (Å²) in [7, 11) is 0. The standard InChI is InChI=1S/C18H18ClN3O2/c1-2-24-18(23)14(20)11-15-17(12-6-8-13(19)9-7-12)21-16-5-3-4-10-22(15)16/h3-10,14H,2,11,20H2,1H3. The molecule has 2 heterocycles. The van der Waals surface area contributed by atoms with Gasteiger partial charge in [0.15, 0.2) is 0 Å². The van der Waals surface area contributed by atoms with E-state index in [1.165, 1.54) is 0 Å². The number of esters is 1. The van der Waals surface area contributed by atoms with Crippen LogP contribution in [0, 0.1) is 0 Å². The Morgan fingerprint density at radius 2 is 2.04 bits per heavy atom. The minimum Gasteiger partial charge on any atom is -0.465 e. The molecule has 0 bridgehead atoms. The molecule has 0 saturated carbocycles. The molecule has 0 saturated heterocycles. The summed E-state index contributed by atoms with van der Waals surface area (Å²) in [5, 5.41) is 0.660. The van der Waals surface area contributed by atoms with Crippen molar-refractivity contribution >= 4 is 23.2 Å². The van der Waals surface area contributed by atoms with Gasteiger partial charge in [0, 0.05) is 23.2 Å². The molecule has 0 aliphatic carbocycles. The van der Waals surface area contributed by atoms with Gasteiger partial charge in [0.05, 0.1) is 18.0 Å². The van der Waals surface area contributed by atoms with E-state index >= 15 is 0 Å². The van der Waals surface area contributed by atoms with Gasteiger partial charge in [0.25, 0.3) is 0 Å². The molecule has 1 atom stereocenters. The zero-order valence-corrected chi connectivity index (χ0v) is 14.0. The van der Waals surface area contributed by atoms with Crippen LogP contribution in [0.4, 0.5) is 0 Å². The minimum atomic E-state index is -0.740. The Morgan fingerprint density at radius 3 is 2.75 bits per heavy atom. The Bertz CT molecular complexity index is 858. The molecule has 0 aliphatic rings. The first-order valence-corrected chi connectivity index (χ1v) is 8.12. The van der Waals surface area contributed by atoms with Gasteiger partial charge < -0.3 is 14.9 Å². The van der Waals surface area contributed by atoms with Gasteiger partial charge in [0.2, 0.25) is 0 Å². The van der Waals surface area contributed by atoms with E-state index in [-0.39, 0.29) is 0 Å². The molecule has 0 radical (unpaired) electrons. The number of carbonyl (C=O) groups excluding carboxylic acids is 1. The monoisotopic (exact) mass is 343 g/mol. The van der Waals surface area contributed by atoms with Gasteiger partial charge in [-0.25, -0.2) is 4.98 Å². The molecule has 0 aliphatic heterocycles. The van der Waals surface area contributed by atoms with Gasteiger partial charge in [-0.1, -0.05) is 29.8 Å². The number of halogens is 1. The smallest absolute Gasteiger partial charge is 0.323 e. The predicted molar refractivity (Wildman–Crippen MR) is 94.0 cm³/mol. The molecule has 6 heteroatoms. The van der Waals surface area contributed by atoms with Crippen LogP contribution in [0.1, 0.15) is 12.6 Å². The van der Waals surface area contributed by atoms with Crippen molar-refractivity contribution in [3.05, 3.63) is 59.4 Å². The van der Waals surface area contributed by atoms with Crippen molar-refractivity contribution in [2.75, 3.05) is 6.61 Å².